The van der Waals surface area contributed by atoms with Gasteiger partial charge in [-0.25, -0.2) is 0 Å². The van der Waals surface area contributed by atoms with Crippen molar-refractivity contribution in [1.82, 2.24) is 5.32 Å². The van der Waals surface area contributed by atoms with Gasteiger partial charge < -0.3 is 0 Å². The summed E-state index contributed by atoms with van der Waals surface area (Å²) in [6.07, 6.45) is 7.63. The zero-order valence-corrected chi connectivity index (χ0v) is 23.3. The number of rotatable bonds is 13. The number of unbranched alkanes of at least 4 members (excludes halogenated alkanes) is 3. The van der Waals surface area contributed by atoms with E-state index in [2.05, 4.69) is 70.3 Å². The molecule has 1 N–H and O–H groups in total. The van der Waals surface area contributed by atoms with Crippen LogP contribution < -0.4 is 8.90 Å². The quantitative estimate of drug-likeness (QED) is 0.270. The van der Waals surface area contributed by atoms with E-state index in [0.29, 0.717) is 0 Å². The van der Waals surface area contributed by atoms with E-state index in [1.54, 1.807) is 0 Å². The van der Waals surface area contributed by atoms with Gasteiger partial charge in [0.05, 0.1) is 0 Å². The van der Waals surface area contributed by atoms with Gasteiger partial charge in [0.15, 0.2) is 0 Å². The molecule has 0 fully saturated rings. The van der Waals surface area contributed by atoms with Crippen LogP contribution in [0.3, 0.4) is 0 Å². The van der Waals surface area contributed by atoms with Crippen molar-refractivity contribution in [2.45, 2.75) is 92.0 Å². The molecule has 170 valence electrons. The van der Waals surface area contributed by atoms with Crippen molar-refractivity contribution in [2.24, 2.45) is 0 Å². The molecule has 0 saturated heterocycles. The standard InChI is InChI=1S/C16H16NO.3C4H9.Sn/c1-16(2,14-11-7-4-8-12-14)17-15(18)13-9-5-3-6-10-13;3*1-3-4-2;/h3-9,11-12H,1-2H3,(H,17,18);3*1,3-4H2,2H3;. The summed E-state index contributed by atoms with van der Waals surface area (Å²) in [6, 6.07) is 18.9. The number of benzene rings is 2. The molecule has 0 radical (unpaired) electrons. The fraction of sp³-hybridized carbons (Fsp3) is 0.536. The Balaban J connectivity index is 2.44. The Bertz CT molecular complexity index is 778. The molecule has 31 heavy (non-hydrogen) atoms. The average molecular weight is 528 g/mol. The molecule has 1 amide bonds. The number of hydrogen-bond donors (Lipinski definition) is 1. The number of carbonyl (C=O) groups is 1. The molecule has 0 aliphatic rings. The number of carbonyl (C=O) groups excluding carboxylic acids is 1. The van der Waals surface area contributed by atoms with Gasteiger partial charge in [-0.1, -0.05) is 0 Å². The summed E-state index contributed by atoms with van der Waals surface area (Å²) in [5, 5.41) is 3.36. The van der Waals surface area contributed by atoms with Gasteiger partial charge in [0.2, 0.25) is 0 Å². The van der Waals surface area contributed by atoms with Gasteiger partial charge in [0, 0.05) is 0 Å². The van der Waals surface area contributed by atoms with E-state index in [9.17, 15) is 4.79 Å². The van der Waals surface area contributed by atoms with E-state index < -0.39 is 23.9 Å². The average Bonchev–Trinajstić information content (AvgIpc) is 2.79. The summed E-state index contributed by atoms with van der Waals surface area (Å²) in [4.78, 5) is 13.6. The molecule has 0 aliphatic heterocycles. The van der Waals surface area contributed by atoms with Crippen molar-refractivity contribution in [3.63, 3.8) is 0 Å². The summed E-state index contributed by atoms with van der Waals surface area (Å²) < 4.78 is 5.58. The van der Waals surface area contributed by atoms with Crippen molar-refractivity contribution >= 4 is 27.9 Å². The molecule has 0 aromatic heterocycles. The van der Waals surface area contributed by atoms with Crippen LogP contribution in [0.1, 0.15) is 89.1 Å². The van der Waals surface area contributed by atoms with Gasteiger partial charge in [0.1, 0.15) is 0 Å². The number of hydrogen-bond acceptors (Lipinski definition) is 1. The maximum absolute atomic E-state index is 13.6. The first-order chi connectivity index (χ1) is 14.9. The third kappa shape index (κ3) is 7.10. The zero-order valence-electron chi connectivity index (χ0n) is 20.5. The van der Waals surface area contributed by atoms with Crippen LogP contribution in [0.25, 0.3) is 0 Å². The molecule has 2 rings (SSSR count). The minimum absolute atomic E-state index is 0.0926. The Morgan fingerprint density at radius 3 is 1.77 bits per heavy atom. The first-order valence-corrected chi connectivity index (χ1v) is 19.9. The van der Waals surface area contributed by atoms with Gasteiger partial charge in [0.25, 0.3) is 0 Å². The molecule has 2 aromatic rings. The van der Waals surface area contributed by atoms with Crippen molar-refractivity contribution in [1.29, 1.82) is 0 Å². The van der Waals surface area contributed by atoms with Crippen molar-refractivity contribution in [3.8, 4) is 0 Å². The van der Waals surface area contributed by atoms with Crippen LogP contribution in [0.5, 0.6) is 0 Å². The number of amides is 1. The Morgan fingerprint density at radius 1 is 0.774 bits per heavy atom. The second-order valence-electron chi connectivity index (χ2n) is 9.58. The van der Waals surface area contributed by atoms with Gasteiger partial charge >= 0.3 is 196 Å². The molecular formula is C28H43NOSn. The second-order valence-corrected chi connectivity index (χ2v) is 22.7. The summed E-state index contributed by atoms with van der Waals surface area (Å²) >= 11 is -2.70. The van der Waals surface area contributed by atoms with Crippen LogP contribution >= 0.6 is 0 Å². The number of nitrogens with one attached hydrogen (secondary N) is 1. The van der Waals surface area contributed by atoms with Gasteiger partial charge in [-0.2, -0.15) is 0 Å². The summed E-state index contributed by atoms with van der Waals surface area (Å²) in [6.45, 7) is 11.1. The predicted octanol–water partition coefficient (Wildman–Crippen LogP) is 7.41. The van der Waals surface area contributed by atoms with E-state index in [1.165, 1.54) is 55.4 Å². The first kappa shape index (κ1) is 26.0. The predicted molar refractivity (Wildman–Crippen MR) is 138 cm³/mol. The first-order valence-electron chi connectivity index (χ1n) is 12.4. The normalized spacial score (nSPS) is 12.0. The van der Waals surface area contributed by atoms with Crippen LogP contribution in [0.2, 0.25) is 13.3 Å². The molecule has 0 atom stereocenters. The van der Waals surface area contributed by atoms with Crippen LogP contribution in [0.4, 0.5) is 0 Å². The Labute approximate surface area is 195 Å². The molecule has 0 aliphatic carbocycles. The summed E-state index contributed by atoms with van der Waals surface area (Å²) in [5.41, 5.74) is 1.68. The third-order valence-electron chi connectivity index (χ3n) is 6.69. The van der Waals surface area contributed by atoms with Crippen LogP contribution in [0, 0.1) is 0 Å². The molecule has 2 nitrogen and oxygen atoms in total. The topological polar surface area (TPSA) is 29.1 Å². The van der Waals surface area contributed by atoms with Crippen molar-refractivity contribution in [2.75, 3.05) is 0 Å². The molecule has 0 bridgehead atoms. The summed E-state index contributed by atoms with van der Waals surface area (Å²) in [7, 11) is 0. The van der Waals surface area contributed by atoms with Crippen molar-refractivity contribution < 1.29 is 4.79 Å². The monoisotopic (exact) mass is 529 g/mol. The molecule has 2 aromatic carbocycles. The molecular weight excluding hydrogens is 485 g/mol. The van der Waals surface area contributed by atoms with Crippen molar-refractivity contribution in [3.05, 3.63) is 65.7 Å². The zero-order chi connectivity index (χ0) is 22.7. The van der Waals surface area contributed by atoms with Gasteiger partial charge in [-0.3, -0.25) is 0 Å². The fourth-order valence-electron chi connectivity index (χ4n) is 4.75. The van der Waals surface area contributed by atoms with Gasteiger partial charge in [-0.15, -0.1) is 0 Å². The van der Waals surface area contributed by atoms with Crippen LogP contribution in [-0.2, 0) is 5.54 Å². The van der Waals surface area contributed by atoms with E-state index in [-0.39, 0.29) is 5.91 Å². The molecule has 0 saturated carbocycles. The third-order valence-corrected chi connectivity index (χ3v) is 22.4. The molecule has 0 unspecified atom stereocenters. The summed E-state index contributed by atoms with van der Waals surface area (Å²) in [5.74, 6) is 0.0926. The minimum atomic E-state index is -2.70. The van der Waals surface area contributed by atoms with E-state index >= 15 is 0 Å². The maximum atomic E-state index is 13.6. The fourth-order valence-corrected chi connectivity index (χ4v) is 21.5. The second kappa shape index (κ2) is 12.7. The SMILES string of the molecule is CCC[CH2][Sn]([CH2]CCC)([CH2]CCC)[c]1ccccc1C(=O)NC(C)(C)c1ccccc1. The molecule has 0 spiro atoms. The Hall–Kier alpha value is -1.29. The van der Waals surface area contributed by atoms with Crippen LogP contribution in [0.15, 0.2) is 54.6 Å². The van der Waals surface area contributed by atoms with E-state index in [0.717, 1.165) is 11.1 Å². The Kier molecular flexibility index (Phi) is 10.6. The van der Waals surface area contributed by atoms with E-state index in [1.807, 2.05) is 24.3 Å². The Morgan fingerprint density at radius 2 is 1.26 bits per heavy atom. The molecule has 3 heteroatoms. The van der Waals surface area contributed by atoms with E-state index in [4.69, 9.17) is 0 Å². The molecule has 0 heterocycles. The van der Waals surface area contributed by atoms with Gasteiger partial charge in [-0.05, 0) is 0 Å². The van der Waals surface area contributed by atoms with Crippen LogP contribution in [-0.4, -0.2) is 24.3 Å².